The molecule has 2 atom stereocenters. The summed E-state index contributed by atoms with van der Waals surface area (Å²) in [5.41, 5.74) is 0. The Kier molecular flexibility index (Phi) is 4.15. The van der Waals surface area contributed by atoms with Gasteiger partial charge in [0.05, 0.1) is 11.3 Å². The maximum absolute atomic E-state index is 11.5. The molecule has 0 aromatic carbocycles. The van der Waals surface area contributed by atoms with Crippen LogP contribution in [0.2, 0.25) is 0 Å². The van der Waals surface area contributed by atoms with Gasteiger partial charge in [-0.3, -0.25) is 0 Å². The molecular weight excluding hydrogens is 226 g/mol. The topological polar surface area (TPSA) is 59.3 Å². The molecule has 1 rings (SSSR count). The lowest BCUT2D eigenvalue weighted by Gasteiger charge is -2.21. The highest BCUT2D eigenvalue weighted by molar-refractivity contribution is 7.91. The SMILES string of the molecule is CCNC(c1ccc(C)o1)C(C)S(C)(=O)=O. The Bertz CT molecular complexity index is 436. The van der Waals surface area contributed by atoms with E-state index in [1.165, 1.54) is 6.26 Å². The highest BCUT2D eigenvalue weighted by Gasteiger charge is 2.28. The quantitative estimate of drug-likeness (QED) is 0.857. The van der Waals surface area contributed by atoms with Crippen molar-refractivity contribution in [1.29, 1.82) is 0 Å². The van der Waals surface area contributed by atoms with E-state index in [0.29, 0.717) is 12.3 Å². The molecule has 5 heteroatoms. The van der Waals surface area contributed by atoms with Crippen molar-refractivity contribution in [3.05, 3.63) is 23.7 Å². The third-order valence-corrected chi connectivity index (χ3v) is 4.26. The highest BCUT2D eigenvalue weighted by Crippen LogP contribution is 2.23. The maximum atomic E-state index is 11.5. The molecule has 0 amide bonds. The lowest BCUT2D eigenvalue weighted by atomic mass is 10.1. The second-order valence-corrected chi connectivity index (χ2v) is 6.42. The summed E-state index contributed by atoms with van der Waals surface area (Å²) in [4.78, 5) is 0. The van der Waals surface area contributed by atoms with Gasteiger partial charge in [0, 0.05) is 6.26 Å². The van der Waals surface area contributed by atoms with Crippen LogP contribution in [0.25, 0.3) is 0 Å². The molecule has 0 spiro atoms. The third kappa shape index (κ3) is 3.09. The fraction of sp³-hybridized carbons (Fsp3) is 0.636. The van der Waals surface area contributed by atoms with Crippen molar-refractivity contribution in [1.82, 2.24) is 5.32 Å². The smallest absolute Gasteiger partial charge is 0.152 e. The predicted octanol–water partition coefficient (Wildman–Crippen LogP) is 1.67. The van der Waals surface area contributed by atoms with E-state index in [0.717, 1.165) is 5.76 Å². The average molecular weight is 245 g/mol. The summed E-state index contributed by atoms with van der Waals surface area (Å²) < 4.78 is 28.6. The van der Waals surface area contributed by atoms with Gasteiger partial charge in [-0.15, -0.1) is 0 Å². The van der Waals surface area contributed by atoms with Crippen LogP contribution in [0.4, 0.5) is 0 Å². The van der Waals surface area contributed by atoms with E-state index in [1.54, 1.807) is 6.92 Å². The van der Waals surface area contributed by atoms with Crippen LogP contribution in [0.5, 0.6) is 0 Å². The van der Waals surface area contributed by atoms with Crippen molar-refractivity contribution in [2.75, 3.05) is 12.8 Å². The van der Waals surface area contributed by atoms with Crippen molar-refractivity contribution in [2.45, 2.75) is 32.1 Å². The molecule has 0 saturated carbocycles. The Hall–Kier alpha value is -0.810. The van der Waals surface area contributed by atoms with Gasteiger partial charge in [0.25, 0.3) is 0 Å². The van der Waals surface area contributed by atoms with E-state index < -0.39 is 15.1 Å². The van der Waals surface area contributed by atoms with Gasteiger partial charge in [0.2, 0.25) is 0 Å². The summed E-state index contributed by atoms with van der Waals surface area (Å²) in [6, 6.07) is 3.38. The first kappa shape index (κ1) is 13.3. The van der Waals surface area contributed by atoms with Gasteiger partial charge in [-0.25, -0.2) is 8.42 Å². The minimum atomic E-state index is -3.09. The number of hydrogen-bond acceptors (Lipinski definition) is 4. The lowest BCUT2D eigenvalue weighted by molar-refractivity contribution is 0.396. The van der Waals surface area contributed by atoms with Crippen molar-refractivity contribution >= 4 is 9.84 Å². The van der Waals surface area contributed by atoms with Gasteiger partial charge in [0.1, 0.15) is 11.5 Å². The molecule has 92 valence electrons. The zero-order valence-electron chi connectivity index (χ0n) is 10.1. The van der Waals surface area contributed by atoms with E-state index >= 15 is 0 Å². The molecule has 0 aliphatic carbocycles. The molecule has 2 unspecified atom stereocenters. The number of hydrogen-bond donors (Lipinski definition) is 1. The maximum Gasteiger partial charge on any atom is 0.152 e. The zero-order valence-corrected chi connectivity index (χ0v) is 11.0. The number of sulfone groups is 1. The first-order chi connectivity index (χ1) is 7.36. The molecule has 0 bridgehead atoms. The fourth-order valence-corrected chi connectivity index (χ4v) is 2.31. The Morgan fingerprint density at radius 3 is 2.44 bits per heavy atom. The summed E-state index contributed by atoms with van der Waals surface area (Å²) in [7, 11) is -3.09. The lowest BCUT2D eigenvalue weighted by Crippen LogP contribution is -2.34. The van der Waals surface area contributed by atoms with Gasteiger partial charge in [-0.2, -0.15) is 0 Å². The number of aryl methyl sites for hydroxylation is 1. The Labute approximate surface area is 97.0 Å². The normalized spacial score (nSPS) is 16.0. The van der Waals surface area contributed by atoms with Crippen molar-refractivity contribution < 1.29 is 12.8 Å². The molecule has 0 saturated heterocycles. The van der Waals surface area contributed by atoms with E-state index in [1.807, 2.05) is 26.0 Å². The molecule has 1 N–H and O–H groups in total. The van der Waals surface area contributed by atoms with Crippen LogP contribution in [0.3, 0.4) is 0 Å². The predicted molar refractivity (Wildman–Crippen MR) is 64.2 cm³/mol. The highest BCUT2D eigenvalue weighted by atomic mass is 32.2. The van der Waals surface area contributed by atoms with Gasteiger partial charge >= 0.3 is 0 Å². The molecule has 1 heterocycles. The standard InChI is InChI=1S/C11H19NO3S/c1-5-12-11(9(3)16(4,13)14)10-7-6-8(2)15-10/h6-7,9,11-12H,5H2,1-4H3. The minimum Gasteiger partial charge on any atom is -0.465 e. The van der Waals surface area contributed by atoms with Crippen molar-refractivity contribution in [2.24, 2.45) is 0 Å². The van der Waals surface area contributed by atoms with Crippen molar-refractivity contribution in [3.8, 4) is 0 Å². The van der Waals surface area contributed by atoms with Gasteiger partial charge in [-0.1, -0.05) is 6.92 Å². The van der Waals surface area contributed by atoms with Crippen LogP contribution in [0.15, 0.2) is 16.5 Å². The molecule has 1 aromatic rings. The molecule has 0 radical (unpaired) electrons. The van der Waals surface area contributed by atoms with E-state index in [2.05, 4.69) is 5.32 Å². The fourth-order valence-electron chi connectivity index (χ4n) is 1.59. The average Bonchev–Trinajstić information content (AvgIpc) is 2.58. The van der Waals surface area contributed by atoms with Crippen LogP contribution < -0.4 is 5.32 Å². The molecule has 4 nitrogen and oxygen atoms in total. The Morgan fingerprint density at radius 1 is 1.44 bits per heavy atom. The third-order valence-electron chi connectivity index (χ3n) is 2.64. The summed E-state index contributed by atoms with van der Waals surface area (Å²) in [6.07, 6.45) is 1.25. The summed E-state index contributed by atoms with van der Waals surface area (Å²) in [5.74, 6) is 1.47. The van der Waals surface area contributed by atoms with Gasteiger partial charge in [0.15, 0.2) is 9.84 Å². The number of nitrogens with one attached hydrogen (secondary N) is 1. The van der Waals surface area contributed by atoms with Crippen LogP contribution >= 0.6 is 0 Å². The monoisotopic (exact) mass is 245 g/mol. The Balaban J connectivity index is 3.00. The molecular formula is C11H19NO3S. The summed E-state index contributed by atoms with van der Waals surface area (Å²) in [6.45, 7) is 6.18. The van der Waals surface area contributed by atoms with E-state index in [9.17, 15) is 8.42 Å². The minimum absolute atomic E-state index is 0.284. The number of furan rings is 1. The number of rotatable bonds is 5. The second kappa shape index (κ2) is 5.01. The Morgan fingerprint density at radius 2 is 2.06 bits per heavy atom. The zero-order chi connectivity index (χ0) is 12.3. The molecule has 1 aromatic heterocycles. The van der Waals surface area contributed by atoms with Crippen LogP contribution in [0, 0.1) is 6.92 Å². The summed E-state index contributed by atoms with van der Waals surface area (Å²) >= 11 is 0. The molecule has 0 aliphatic heterocycles. The molecule has 16 heavy (non-hydrogen) atoms. The van der Waals surface area contributed by atoms with Gasteiger partial charge < -0.3 is 9.73 Å². The largest absolute Gasteiger partial charge is 0.465 e. The van der Waals surface area contributed by atoms with Crippen LogP contribution in [-0.4, -0.2) is 26.5 Å². The molecule has 0 fully saturated rings. The van der Waals surface area contributed by atoms with Crippen LogP contribution in [-0.2, 0) is 9.84 Å². The second-order valence-electron chi connectivity index (χ2n) is 4.02. The van der Waals surface area contributed by atoms with E-state index in [4.69, 9.17) is 4.42 Å². The van der Waals surface area contributed by atoms with Crippen molar-refractivity contribution in [3.63, 3.8) is 0 Å². The van der Waals surface area contributed by atoms with E-state index in [-0.39, 0.29) is 6.04 Å². The molecule has 0 aliphatic rings. The first-order valence-electron chi connectivity index (χ1n) is 5.34. The first-order valence-corrected chi connectivity index (χ1v) is 7.30. The van der Waals surface area contributed by atoms with Crippen LogP contribution in [0.1, 0.15) is 31.4 Å². The summed E-state index contributed by atoms with van der Waals surface area (Å²) in [5, 5.41) is 2.64. The van der Waals surface area contributed by atoms with Gasteiger partial charge in [-0.05, 0) is 32.5 Å².